The van der Waals surface area contributed by atoms with Crippen LogP contribution in [0.1, 0.15) is 24.9 Å². The highest BCUT2D eigenvalue weighted by molar-refractivity contribution is 6.33. The molecule has 1 saturated heterocycles. The first-order valence-electron chi connectivity index (χ1n) is 6.94. The molecule has 112 valence electrons. The molecule has 2 atom stereocenters. The quantitative estimate of drug-likeness (QED) is 0.876. The number of methoxy groups -OCH3 is 2. The molecule has 1 fully saturated rings. The lowest BCUT2D eigenvalue weighted by Gasteiger charge is -2.26. The van der Waals surface area contributed by atoms with Crippen molar-refractivity contribution in [1.29, 1.82) is 0 Å². The van der Waals surface area contributed by atoms with Gasteiger partial charge in [0.25, 0.3) is 0 Å². The average molecular weight is 300 g/mol. The van der Waals surface area contributed by atoms with Gasteiger partial charge in [-0.3, -0.25) is 0 Å². The minimum Gasteiger partial charge on any atom is -0.495 e. The van der Waals surface area contributed by atoms with Crippen molar-refractivity contribution in [2.45, 2.75) is 19.4 Å². The van der Waals surface area contributed by atoms with Crippen LogP contribution in [0.4, 0.5) is 0 Å². The second kappa shape index (κ2) is 7.16. The molecule has 4 nitrogen and oxygen atoms in total. The van der Waals surface area contributed by atoms with Gasteiger partial charge in [-0.2, -0.15) is 0 Å². The zero-order valence-electron chi connectivity index (χ0n) is 12.2. The topological polar surface area (TPSA) is 39.7 Å². The van der Waals surface area contributed by atoms with Gasteiger partial charge in [0, 0.05) is 24.1 Å². The smallest absolute Gasteiger partial charge is 0.146 e. The summed E-state index contributed by atoms with van der Waals surface area (Å²) in [6, 6.07) is 4.09. The minimum absolute atomic E-state index is 0.181. The zero-order chi connectivity index (χ0) is 14.5. The van der Waals surface area contributed by atoms with E-state index in [1.165, 1.54) is 0 Å². The van der Waals surface area contributed by atoms with Crippen molar-refractivity contribution < 1.29 is 14.2 Å². The van der Waals surface area contributed by atoms with Crippen LogP contribution >= 0.6 is 11.6 Å². The summed E-state index contributed by atoms with van der Waals surface area (Å²) in [5, 5.41) is 4.04. The van der Waals surface area contributed by atoms with E-state index in [9.17, 15) is 0 Å². The van der Waals surface area contributed by atoms with Crippen molar-refractivity contribution in [2.24, 2.45) is 5.92 Å². The van der Waals surface area contributed by atoms with Gasteiger partial charge in [-0.05, 0) is 25.1 Å². The molecule has 1 aliphatic heterocycles. The Hall–Kier alpha value is -0.970. The van der Waals surface area contributed by atoms with E-state index in [0.29, 0.717) is 22.4 Å². The summed E-state index contributed by atoms with van der Waals surface area (Å²) in [6.07, 6.45) is 1.05. The molecule has 1 N–H and O–H groups in total. The van der Waals surface area contributed by atoms with Crippen LogP contribution in [0.2, 0.25) is 5.02 Å². The van der Waals surface area contributed by atoms with Crippen molar-refractivity contribution in [3.8, 4) is 11.5 Å². The Balaban J connectivity index is 2.39. The SMILES string of the molecule is CCNC(c1ccc(OC)c(Cl)c1OC)C1CCOC1. The number of nitrogens with one attached hydrogen (secondary N) is 1. The maximum absolute atomic E-state index is 6.36. The van der Waals surface area contributed by atoms with Crippen LogP contribution in [0.25, 0.3) is 0 Å². The molecule has 2 unspecified atom stereocenters. The van der Waals surface area contributed by atoms with E-state index < -0.39 is 0 Å². The lowest BCUT2D eigenvalue weighted by molar-refractivity contribution is 0.176. The van der Waals surface area contributed by atoms with Gasteiger partial charge < -0.3 is 19.5 Å². The fourth-order valence-electron chi connectivity index (χ4n) is 2.73. The van der Waals surface area contributed by atoms with E-state index in [1.807, 2.05) is 12.1 Å². The molecule has 0 aromatic heterocycles. The molecule has 0 aliphatic carbocycles. The number of rotatable bonds is 6. The van der Waals surface area contributed by atoms with Crippen LogP contribution in [-0.2, 0) is 4.74 Å². The second-order valence-corrected chi connectivity index (χ2v) is 5.24. The van der Waals surface area contributed by atoms with Crippen molar-refractivity contribution in [3.05, 3.63) is 22.7 Å². The third-order valence-corrected chi connectivity index (χ3v) is 4.07. The number of hydrogen-bond acceptors (Lipinski definition) is 4. The molecule has 5 heteroatoms. The first-order valence-corrected chi connectivity index (χ1v) is 7.32. The number of halogens is 1. The van der Waals surface area contributed by atoms with E-state index in [1.54, 1.807) is 14.2 Å². The maximum Gasteiger partial charge on any atom is 0.146 e. The molecule has 0 bridgehead atoms. The normalized spacial score (nSPS) is 19.9. The van der Waals surface area contributed by atoms with Crippen LogP contribution in [0.3, 0.4) is 0 Å². The zero-order valence-corrected chi connectivity index (χ0v) is 13.0. The predicted molar refractivity (Wildman–Crippen MR) is 79.9 cm³/mol. The lowest BCUT2D eigenvalue weighted by Crippen LogP contribution is -2.29. The standard InChI is InChI=1S/C15H22ClNO3/c1-4-17-14(10-7-8-20-9-10)11-5-6-12(18-2)13(16)15(11)19-3/h5-6,10,14,17H,4,7-9H2,1-3H3. The van der Waals surface area contributed by atoms with Gasteiger partial charge in [-0.25, -0.2) is 0 Å². The highest BCUT2D eigenvalue weighted by atomic mass is 35.5. The monoisotopic (exact) mass is 299 g/mol. The Morgan fingerprint density at radius 3 is 2.75 bits per heavy atom. The summed E-state index contributed by atoms with van der Waals surface area (Å²) >= 11 is 6.36. The fourth-order valence-corrected chi connectivity index (χ4v) is 3.06. The molecule has 2 rings (SSSR count). The van der Waals surface area contributed by atoms with Crippen LogP contribution in [0.5, 0.6) is 11.5 Å². The molecule has 0 amide bonds. The summed E-state index contributed by atoms with van der Waals surface area (Å²) in [5.74, 6) is 1.75. The Bertz CT molecular complexity index is 447. The Morgan fingerprint density at radius 2 is 2.20 bits per heavy atom. The van der Waals surface area contributed by atoms with Crippen molar-refractivity contribution in [2.75, 3.05) is 34.0 Å². The number of benzene rings is 1. The molecule has 0 spiro atoms. The minimum atomic E-state index is 0.181. The number of ether oxygens (including phenoxy) is 3. The Morgan fingerprint density at radius 1 is 1.40 bits per heavy atom. The summed E-state index contributed by atoms with van der Waals surface area (Å²) in [6.45, 7) is 4.57. The first kappa shape index (κ1) is 15.4. The Kier molecular flexibility index (Phi) is 5.52. The van der Waals surface area contributed by atoms with Crippen molar-refractivity contribution >= 4 is 11.6 Å². The van der Waals surface area contributed by atoms with E-state index in [4.69, 9.17) is 25.8 Å². The molecule has 0 radical (unpaired) electrons. The molecule has 1 heterocycles. The predicted octanol–water partition coefficient (Wildman–Crippen LogP) is 3.04. The Labute approximate surface area is 125 Å². The fraction of sp³-hybridized carbons (Fsp3) is 0.600. The molecule has 20 heavy (non-hydrogen) atoms. The molecule has 1 aromatic carbocycles. The summed E-state index contributed by atoms with van der Waals surface area (Å²) in [5.41, 5.74) is 1.07. The van der Waals surface area contributed by atoms with E-state index in [0.717, 1.165) is 31.7 Å². The highest BCUT2D eigenvalue weighted by Gasteiger charge is 2.30. The number of hydrogen-bond donors (Lipinski definition) is 1. The molecular weight excluding hydrogens is 278 g/mol. The third-order valence-electron chi connectivity index (χ3n) is 3.71. The highest BCUT2D eigenvalue weighted by Crippen LogP contribution is 2.42. The molecular formula is C15H22ClNO3. The molecule has 1 aliphatic rings. The van der Waals surface area contributed by atoms with Gasteiger partial charge in [-0.15, -0.1) is 0 Å². The van der Waals surface area contributed by atoms with E-state index in [2.05, 4.69) is 12.2 Å². The van der Waals surface area contributed by atoms with Crippen molar-refractivity contribution in [3.63, 3.8) is 0 Å². The van der Waals surface area contributed by atoms with E-state index >= 15 is 0 Å². The first-order chi connectivity index (χ1) is 9.72. The van der Waals surface area contributed by atoms with Gasteiger partial charge in [0.15, 0.2) is 0 Å². The third kappa shape index (κ3) is 3.03. The lowest BCUT2D eigenvalue weighted by atomic mass is 9.91. The van der Waals surface area contributed by atoms with Crippen LogP contribution in [0.15, 0.2) is 12.1 Å². The van der Waals surface area contributed by atoms with Gasteiger partial charge in [0.2, 0.25) is 0 Å². The van der Waals surface area contributed by atoms with Gasteiger partial charge in [0.1, 0.15) is 16.5 Å². The van der Waals surface area contributed by atoms with Gasteiger partial charge in [-0.1, -0.05) is 18.5 Å². The second-order valence-electron chi connectivity index (χ2n) is 4.86. The molecule has 0 saturated carbocycles. The summed E-state index contributed by atoms with van der Waals surface area (Å²) in [4.78, 5) is 0. The van der Waals surface area contributed by atoms with E-state index in [-0.39, 0.29) is 6.04 Å². The summed E-state index contributed by atoms with van der Waals surface area (Å²) in [7, 11) is 3.24. The molecule has 1 aromatic rings. The van der Waals surface area contributed by atoms with Crippen LogP contribution < -0.4 is 14.8 Å². The summed E-state index contributed by atoms with van der Waals surface area (Å²) < 4.78 is 16.3. The largest absolute Gasteiger partial charge is 0.495 e. The van der Waals surface area contributed by atoms with Crippen LogP contribution in [0, 0.1) is 5.92 Å². The van der Waals surface area contributed by atoms with Crippen LogP contribution in [-0.4, -0.2) is 34.0 Å². The van der Waals surface area contributed by atoms with Crippen molar-refractivity contribution in [1.82, 2.24) is 5.32 Å². The average Bonchev–Trinajstić information content (AvgIpc) is 2.98. The van der Waals surface area contributed by atoms with Gasteiger partial charge >= 0.3 is 0 Å². The van der Waals surface area contributed by atoms with Gasteiger partial charge in [0.05, 0.1) is 20.8 Å². The maximum atomic E-state index is 6.36.